The van der Waals surface area contributed by atoms with Crippen LogP contribution in [0.3, 0.4) is 0 Å². The summed E-state index contributed by atoms with van der Waals surface area (Å²) in [5, 5.41) is 3.09. The lowest BCUT2D eigenvalue weighted by Crippen LogP contribution is -2.06. The van der Waals surface area contributed by atoms with Gasteiger partial charge in [0, 0.05) is 30.2 Å². The molecule has 0 aliphatic heterocycles. The van der Waals surface area contributed by atoms with Crippen LogP contribution in [-0.2, 0) is 0 Å². The minimum absolute atomic E-state index is 0.631. The predicted octanol–water partition coefficient (Wildman–Crippen LogP) is 2.99. The van der Waals surface area contributed by atoms with E-state index >= 15 is 0 Å². The maximum Gasteiger partial charge on any atom is 0.236 e. The van der Waals surface area contributed by atoms with Crippen molar-refractivity contribution in [1.82, 2.24) is 19.5 Å². The molecule has 0 saturated heterocycles. The molecular formula is C16H17N5. The van der Waals surface area contributed by atoms with Gasteiger partial charge in [-0.15, -0.1) is 0 Å². The molecule has 1 N–H and O–H groups in total. The van der Waals surface area contributed by atoms with Crippen LogP contribution in [0.5, 0.6) is 0 Å². The van der Waals surface area contributed by atoms with E-state index < -0.39 is 0 Å². The number of hydrogen-bond acceptors (Lipinski definition) is 4. The number of nitrogens with zero attached hydrogens (tertiary/aromatic N) is 4. The van der Waals surface area contributed by atoms with Crippen molar-refractivity contribution in [2.45, 2.75) is 13.8 Å². The molecule has 3 aromatic rings. The Morgan fingerprint density at radius 3 is 2.24 bits per heavy atom. The summed E-state index contributed by atoms with van der Waals surface area (Å²) >= 11 is 0. The predicted molar refractivity (Wildman–Crippen MR) is 83.6 cm³/mol. The Morgan fingerprint density at radius 1 is 0.952 bits per heavy atom. The number of imidazole rings is 1. The number of hydrogen-bond donors (Lipinski definition) is 1. The van der Waals surface area contributed by atoms with Gasteiger partial charge in [-0.25, -0.2) is 15.0 Å². The standard InChI is InChI=1S/C16H17N5/c1-11-9-12(2)19-16(18-11)21-10-14(20-15(21)17-3)13-7-5-4-6-8-13/h4-10H,1-3H3,(H,17,20). The first kappa shape index (κ1) is 13.3. The molecule has 0 amide bonds. The van der Waals surface area contributed by atoms with Gasteiger partial charge in [-0.05, 0) is 19.9 Å². The summed E-state index contributed by atoms with van der Waals surface area (Å²) in [5.41, 5.74) is 3.84. The first-order valence-electron chi connectivity index (χ1n) is 6.82. The number of aromatic nitrogens is 4. The van der Waals surface area contributed by atoms with Crippen molar-refractivity contribution >= 4 is 5.95 Å². The smallest absolute Gasteiger partial charge is 0.236 e. The second kappa shape index (κ2) is 5.36. The Labute approximate surface area is 123 Å². The largest absolute Gasteiger partial charge is 0.358 e. The third kappa shape index (κ3) is 2.63. The maximum atomic E-state index is 4.61. The van der Waals surface area contributed by atoms with Crippen LogP contribution in [0.25, 0.3) is 17.2 Å². The number of aryl methyl sites for hydroxylation is 2. The van der Waals surface area contributed by atoms with E-state index in [0.29, 0.717) is 5.95 Å². The first-order chi connectivity index (χ1) is 10.2. The van der Waals surface area contributed by atoms with E-state index in [1.54, 1.807) is 0 Å². The van der Waals surface area contributed by atoms with Crippen molar-refractivity contribution in [3.63, 3.8) is 0 Å². The first-order valence-corrected chi connectivity index (χ1v) is 6.82. The Kier molecular flexibility index (Phi) is 3.39. The molecule has 106 valence electrons. The van der Waals surface area contributed by atoms with Crippen LogP contribution in [0.15, 0.2) is 42.6 Å². The second-order valence-corrected chi connectivity index (χ2v) is 4.89. The lowest BCUT2D eigenvalue weighted by atomic mass is 10.2. The number of anilines is 1. The molecule has 0 aliphatic carbocycles. The fourth-order valence-corrected chi connectivity index (χ4v) is 2.27. The van der Waals surface area contributed by atoms with E-state index in [1.165, 1.54) is 0 Å². The van der Waals surface area contributed by atoms with Crippen molar-refractivity contribution in [1.29, 1.82) is 0 Å². The van der Waals surface area contributed by atoms with Crippen LogP contribution in [-0.4, -0.2) is 26.6 Å². The molecule has 3 rings (SSSR count). The van der Waals surface area contributed by atoms with Crippen LogP contribution in [0.2, 0.25) is 0 Å². The van der Waals surface area contributed by atoms with E-state index in [1.807, 2.05) is 68.1 Å². The average Bonchev–Trinajstić information content (AvgIpc) is 2.91. The number of nitrogens with one attached hydrogen (secondary N) is 1. The molecule has 0 saturated carbocycles. The maximum absolute atomic E-state index is 4.61. The van der Waals surface area contributed by atoms with E-state index in [0.717, 1.165) is 28.6 Å². The molecule has 0 spiro atoms. The van der Waals surface area contributed by atoms with Gasteiger partial charge in [-0.3, -0.25) is 4.57 Å². The summed E-state index contributed by atoms with van der Waals surface area (Å²) in [6.07, 6.45) is 1.95. The van der Waals surface area contributed by atoms with Crippen molar-refractivity contribution in [2.75, 3.05) is 12.4 Å². The van der Waals surface area contributed by atoms with Crippen LogP contribution >= 0.6 is 0 Å². The molecule has 0 bridgehead atoms. The second-order valence-electron chi connectivity index (χ2n) is 4.89. The zero-order valence-electron chi connectivity index (χ0n) is 12.3. The molecule has 0 radical (unpaired) electrons. The van der Waals surface area contributed by atoms with E-state index in [4.69, 9.17) is 0 Å². The topological polar surface area (TPSA) is 55.6 Å². The highest BCUT2D eigenvalue weighted by Gasteiger charge is 2.12. The Morgan fingerprint density at radius 2 is 1.62 bits per heavy atom. The van der Waals surface area contributed by atoms with E-state index in [2.05, 4.69) is 20.3 Å². The van der Waals surface area contributed by atoms with Crippen molar-refractivity contribution in [3.05, 3.63) is 54.0 Å². The minimum atomic E-state index is 0.631. The van der Waals surface area contributed by atoms with Crippen LogP contribution in [0, 0.1) is 13.8 Å². The van der Waals surface area contributed by atoms with Crippen molar-refractivity contribution in [2.24, 2.45) is 0 Å². The molecule has 0 aliphatic rings. The fraction of sp³-hybridized carbons (Fsp3) is 0.188. The molecule has 2 heterocycles. The zero-order chi connectivity index (χ0) is 14.8. The normalized spacial score (nSPS) is 10.6. The summed E-state index contributed by atoms with van der Waals surface area (Å²) in [5.74, 6) is 1.35. The molecule has 5 heteroatoms. The zero-order valence-corrected chi connectivity index (χ0v) is 12.3. The van der Waals surface area contributed by atoms with Crippen molar-refractivity contribution in [3.8, 4) is 17.2 Å². The SMILES string of the molecule is CNc1nc(-c2ccccc2)cn1-c1nc(C)cc(C)n1. The number of benzene rings is 1. The van der Waals surface area contributed by atoms with Gasteiger partial charge < -0.3 is 5.32 Å². The van der Waals surface area contributed by atoms with Crippen LogP contribution < -0.4 is 5.32 Å². The summed E-state index contributed by atoms with van der Waals surface area (Å²) in [7, 11) is 1.84. The molecule has 0 atom stereocenters. The summed E-state index contributed by atoms with van der Waals surface area (Å²) in [6.45, 7) is 3.93. The third-order valence-corrected chi connectivity index (χ3v) is 3.19. The van der Waals surface area contributed by atoms with Gasteiger partial charge in [-0.2, -0.15) is 0 Å². The molecule has 2 aromatic heterocycles. The van der Waals surface area contributed by atoms with Gasteiger partial charge in [0.2, 0.25) is 11.9 Å². The Hall–Kier alpha value is -2.69. The summed E-state index contributed by atoms with van der Waals surface area (Å²) in [4.78, 5) is 13.6. The van der Waals surface area contributed by atoms with Crippen LogP contribution in [0.4, 0.5) is 5.95 Å². The number of rotatable bonds is 3. The average molecular weight is 279 g/mol. The fourth-order valence-electron chi connectivity index (χ4n) is 2.27. The molecule has 1 aromatic carbocycles. The van der Waals surface area contributed by atoms with Gasteiger partial charge in [0.1, 0.15) is 0 Å². The molecule has 5 nitrogen and oxygen atoms in total. The van der Waals surface area contributed by atoms with Crippen molar-refractivity contribution < 1.29 is 0 Å². The summed E-state index contributed by atoms with van der Waals surface area (Å²) < 4.78 is 1.88. The molecule has 21 heavy (non-hydrogen) atoms. The molecule has 0 unspecified atom stereocenters. The molecule has 0 fully saturated rings. The highest BCUT2D eigenvalue weighted by molar-refractivity contribution is 5.61. The van der Waals surface area contributed by atoms with Crippen LogP contribution in [0.1, 0.15) is 11.4 Å². The lowest BCUT2D eigenvalue weighted by Gasteiger charge is -2.06. The lowest BCUT2D eigenvalue weighted by molar-refractivity contribution is 0.897. The van der Waals surface area contributed by atoms with Gasteiger partial charge >= 0.3 is 0 Å². The summed E-state index contributed by atoms with van der Waals surface area (Å²) in [6, 6.07) is 12.0. The van der Waals surface area contributed by atoms with E-state index in [9.17, 15) is 0 Å². The van der Waals surface area contributed by atoms with Gasteiger partial charge in [-0.1, -0.05) is 30.3 Å². The van der Waals surface area contributed by atoms with E-state index in [-0.39, 0.29) is 0 Å². The molecular weight excluding hydrogens is 262 g/mol. The quantitative estimate of drug-likeness (QED) is 0.800. The highest BCUT2D eigenvalue weighted by atomic mass is 15.3. The Bertz CT molecular complexity index is 741. The monoisotopic (exact) mass is 279 g/mol. The highest BCUT2D eigenvalue weighted by Crippen LogP contribution is 2.22. The van der Waals surface area contributed by atoms with Gasteiger partial charge in [0.25, 0.3) is 0 Å². The third-order valence-electron chi connectivity index (χ3n) is 3.19. The van der Waals surface area contributed by atoms with Gasteiger partial charge in [0.05, 0.1) is 5.69 Å². The minimum Gasteiger partial charge on any atom is -0.358 e. The van der Waals surface area contributed by atoms with Gasteiger partial charge in [0.15, 0.2) is 0 Å². The Balaban J connectivity index is 2.12.